The summed E-state index contributed by atoms with van der Waals surface area (Å²) < 4.78 is 12.4. The van der Waals surface area contributed by atoms with Crippen molar-refractivity contribution in [3.05, 3.63) is 66.2 Å². The Morgan fingerprint density at radius 2 is 1.96 bits per heavy atom. The van der Waals surface area contributed by atoms with Crippen molar-refractivity contribution in [1.29, 1.82) is 0 Å². The van der Waals surface area contributed by atoms with E-state index < -0.39 is 6.09 Å². The van der Waals surface area contributed by atoms with Crippen molar-refractivity contribution in [1.82, 2.24) is 9.78 Å². The van der Waals surface area contributed by atoms with Crippen molar-refractivity contribution >= 4 is 23.4 Å². The number of amides is 1. The minimum atomic E-state index is -0.524. The molecule has 3 aromatic rings. The number of benzene rings is 2. The van der Waals surface area contributed by atoms with E-state index >= 15 is 0 Å². The molecule has 0 radical (unpaired) electrons. The molecule has 4 rings (SSSR count). The van der Waals surface area contributed by atoms with Crippen LogP contribution in [-0.4, -0.2) is 29.5 Å². The Morgan fingerprint density at radius 1 is 1.11 bits per heavy atom. The standard InChI is InChI=1S/C20H20N4O3/c1-26-17-9-5-8-16(12-17)23-10-11-24-19(23)13-18(22-24)21-20(25)27-14-15-6-3-2-4-7-15/h2-9,12-13H,10-11,14H2,1H3,(H,21,22,25). The molecule has 0 unspecified atom stereocenters. The van der Waals surface area contributed by atoms with Gasteiger partial charge in [0.25, 0.3) is 0 Å². The van der Waals surface area contributed by atoms with E-state index in [-0.39, 0.29) is 6.61 Å². The Balaban J connectivity index is 1.42. The zero-order valence-electron chi connectivity index (χ0n) is 15.0. The molecule has 1 aliphatic rings. The normalized spacial score (nSPS) is 12.6. The number of methoxy groups -OCH3 is 1. The minimum absolute atomic E-state index is 0.218. The fourth-order valence-corrected chi connectivity index (χ4v) is 3.06. The van der Waals surface area contributed by atoms with Gasteiger partial charge in [0.05, 0.1) is 13.7 Å². The molecule has 1 N–H and O–H groups in total. The molecule has 27 heavy (non-hydrogen) atoms. The molecule has 7 heteroatoms. The summed E-state index contributed by atoms with van der Waals surface area (Å²) in [6.07, 6.45) is -0.524. The number of rotatable bonds is 5. The second kappa shape index (κ2) is 7.41. The first-order valence-electron chi connectivity index (χ1n) is 8.70. The molecular weight excluding hydrogens is 344 g/mol. The van der Waals surface area contributed by atoms with E-state index in [1.807, 2.05) is 65.3 Å². The lowest BCUT2D eigenvalue weighted by Crippen LogP contribution is -2.15. The highest BCUT2D eigenvalue weighted by molar-refractivity contribution is 5.84. The number of nitrogens with one attached hydrogen (secondary N) is 1. The Labute approximate surface area is 157 Å². The van der Waals surface area contributed by atoms with Crippen LogP contribution in [0.4, 0.5) is 22.1 Å². The van der Waals surface area contributed by atoms with E-state index in [0.29, 0.717) is 5.82 Å². The molecule has 0 saturated carbocycles. The number of anilines is 3. The van der Waals surface area contributed by atoms with E-state index in [2.05, 4.69) is 15.3 Å². The fraction of sp³-hybridized carbons (Fsp3) is 0.200. The van der Waals surface area contributed by atoms with Gasteiger partial charge in [-0.25, -0.2) is 9.48 Å². The third-order valence-electron chi connectivity index (χ3n) is 4.38. The average Bonchev–Trinajstić information content (AvgIpc) is 3.27. The quantitative estimate of drug-likeness (QED) is 0.746. The fourth-order valence-electron chi connectivity index (χ4n) is 3.06. The van der Waals surface area contributed by atoms with Crippen molar-refractivity contribution in [2.75, 3.05) is 23.9 Å². The van der Waals surface area contributed by atoms with Crippen molar-refractivity contribution < 1.29 is 14.3 Å². The Kier molecular flexibility index (Phi) is 4.65. The van der Waals surface area contributed by atoms with Crippen LogP contribution in [-0.2, 0) is 17.9 Å². The summed E-state index contributed by atoms with van der Waals surface area (Å²) in [4.78, 5) is 14.2. The number of hydrogen-bond acceptors (Lipinski definition) is 5. The Hall–Kier alpha value is -3.48. The number of fused-ring (bicyclic) bond motifs is 1. The van der Waals surface area contributed by atoms with Gasteiger partial charge >= 0.3 is 6.09 Å². The van der Waals surface area contributed by atoms with Gasteiger partial charge in [-0.1, -0.05) is 36.4 Å². The molecular formula is C20H20N4O3. The Morgan fingerprint density at radius 3 is 2.78 bits per heavy atom. The topological polar surface area (TPSA) is 68.6 Å². The van der Waals surface area contributed by atoms with E-state index in [1.54, 1.807) is 7.11 Å². The largest absolute Gasteiger partial charge is 0.497 e. The van der Waals surface area contributed by atoms with Gasteiger partial charge in [0.1, 0.15) is 18.2 Å². The zero-order valence-corrected chi connectivity index (χ0v) is 15.0. The summed E-state index contributed by atoms with van der Waals surface area (Å²) in [5, 5.41) is 7.13. The summed E-state index contributed by atoms with van der Waals surface area (Å²) in [7, 11) is 1.65. The maximum Gasteiger partial charge on any atom is 0.413 e. The molecule has 0 aliphatic carbocycles. The number of hydrogen-bond donors (Lipinski definition) is 1. The first kappa shape index (κ1) is 17.0. The number of carbonyl (C=O) groups excluding carboxylic acids is 1. The van der Waals surface area contributed by atoms with Crippen LogP contribution in [0.2, 0.25) is 0 Å². The lowest BCUT2D eigenvalue weighted by atomic mass is 10.2. The third kappa shape index (κ3) is 3.72. The molecule has 0 saturated heterocycles. The maximum absolute atomic E-state index is 12.0. The number of nitrogens with zero attached hydrogens (tertiary/aromatic N) is 3. The molecule has 0 fully saturated rings. The minimum Gasteiger partial charge on any atom is -0.497 e. The molecule has 138 valence electrons. The number of aromatic nitrogens is 2. The van der Waals surface area contributed by atoms with Gasteiger partial charge in [-0.2, -0.15) is 5.10 Å². The van der Waals surface area contributed by atoms with Crippen LogP contribution in [0.25, 0.3) is 0 Å². The van der Waals surface area contributed by atoms with E-state index in [4.69, 9.17) is 9.47 Å². The van der Waals surface area contributed by atoms with Crippen molar-refractivity contribution in [2.24, 2.45) is 0 Å². The molecule has 7 nitrogen and oxygen atoms in total. The first-order valence-corrected chi connectivity index (χ1v) is 8.70. The highest BCUT2D eigenvalue weighted by Gasteiger charge is 2.24. The predicted octanol–water partition coefficient (Wildman–Crippen LogP) is 3.79. The lowest BCUT2D eigenvalue weighted by Gasteiger charge is -2.17. The van der Waals surface area contributed by atoms with Crippen LogP contribution in [0.5, 0.6) is 5.75 Å². The van der Waals surface area contributed by atoms with Gasteiger partial charge in [-0.05, 0) is 17.7 Å². The average molecular weight is 364 g/mol. The molecule has 0 spiro atoms. The van der Waals surface area contributed by atoms with Gasteiger partial charge in [0.2, 0.25) is 0 Å². The summed E-state index contributed by atoms with van der Waals surface area (Å²) in [5.41, 5.74) is 1.95. The lowest BCUT2D eigenvalue weighted by molar-refractivity contribution is 0.155. The van der Waals surface area contributed by atoms with Crippen LogP contribution in [0.3, 0.4) is 0 Å². The van der Waals surface area contributed by atoms with Gasteiger partial charge in [0, 0.05) is 24.4 Å². The Bertz CT molecular complexity index is 939. The maximum atomic E-state index is 12.0. The molecule has 2 heterocycles. The highest BCUT2D eigenvalue weighted by Crippen LogP contribution is 2.33. The van der Waals surface area contributed by atoms with E-state index in [0.717, 1.165) is 35.9 Å². The van der Waals surface area contributed by atoms with Crippen LogP contribution in [0, 0.1) is 0 Å². The third-order valence-corrected chi connectivity index (χ3v) is 4.38. The molecule has 1 aromatic heterocycles. The SMILES string of the molecule is COc1cccc(N2CCn3nc(NC(=O)OCc4ccccc4)cc32)c1. The monoisotopic (exact) mass is 364 g/mol. The summed E-state index contributed by atoms with van der Waals surface area (Å²) >= 11 is 0. The second-order valence-corrected chi connectivity index (χ2v) is 6.15. The zero-order chi connectivity index (χ0) is 18.6. The first-order chi connectivity index (χ1) is 13.2. The van der Waals surface area contributed by atoms with Crippen molar-refractivity contribution in [3.63, 3.8) is 0 Å². The van der Waals surface area contributed by atoms with E-state index in [9.17, 15) is 4.79 Å². The van der Waals surface area contributed by atoms with Crippen LogP contribution < -0.4 is 15.0 Å². The number of carbonyl (C=O) groups is 1. The molecule has 0 bridgehead atoms. The van der Waals surface area contributed by atoms with Crippen LogP contribution in [0.1, 0.15) is 5.56 Å². The van der Waals surface area contributed by atoms with Crippen LogP contribution >= 0.6 is 0 Å². The molecule has 0 atom stereocenters. The smallest absolute Gasteiger partial charge is 0.413 e. The predicted molar refractivity (Wildman–Crippen MR) is 102 cm³/mol. The van der Waals surface area contributed by atoms with Crippen molar-refractivity contribution in [3.8, 4) is 5.75 Å². The van der Waals surface area contributed by atoms with Crippen LogP contribution in [0.15, 0.2) is 60.7 Å². The molecule has 1 aliphatic heterocycles. The summed E-state index contributed by atoms with van der Waals surface area (Å²) in [5.74, 6) is 2.19. The van der Waals surface area contributed by atoms with E-state index in [1.165, 1.54) is 0 Å². The van der Waals surface area contributed by atoms with Gasteiger partial charge in [-0.15, -0.1) is 0 Å². The second-order valence-electron chi connectivity index (χ2n) is 6.15. The van der Waals surface area contributed by atoms with Crippen molar-refractivity contribution in [2.45, 2.75) is 13.2 Å². The molecule has 1 amide bonds. The number of ether oxygens (including phenoxy) is 2. The van der Waals surface area contributed by atoms with Gasteiger partial charge < -0.3 is 14.4 Å². The van der Waals surface area contributed by atoms with Gasteiger partial charge in [0.15, 0.2) is 5.82 Å². The highest BCUT2D eigenvalue weighted by atomic mass is 16.5. The van der Waals surface area contributed by atoms with Gasteiger partial charge in [-0.3, -0.25) is 5.32 Å². The molecule has 2 aromatic carbocycles. The summed E-state index contributed by atoms with van der Waals surface area (Å²) in [6, 6.07) is 19.2. The summed E-state index contributed by atoms with van der Waals surface area (Å²) in [6.45, 7) is 1.78.